The van der Waals surface area contributed by atoms with Crippen LogP contribution in [0.2, 0.25) is 0 Å². The van der Waals surface area contributed by atoms with Crippen LogP contribution in [0.4, 0.5) is 0 Å². The summed E-state index contributed by atoms with van der Waals surface area (Å²) in [6, 6.07) is 10.1. The summed E-state index contributed by atoms with van der Waals surface area (Å²) in [6.07, 6.45) is 4.55. The number of hydrogen-bond donors (Lipinski definition) is 1. The van der Waals surface area contributed by atoms with Crippen molar-refractivity contribution in [2.24, 2.45) is 0 Å². The quantitative estimate of drug-likeness (QED) is 0.683. The second kappa shape index (κ2) is 8.08. The Morgan fingerprint density at radius 1 is 1.31 bits per heavy atom. The van der Waals surface area contributed by atoms with Gasteiger partial charge in [-0.3, -0.25) is 0 Å². The van der Waals surface area contributed by atoms with Crippen LogP contribution in [0, 0.1) is 0 Å². The van der Waals surface area contributed by atoms with Crippen molar-refractivity contribution in [2.75, 3.05) is 6.61 Å². The van der Waals surface area contributed by atoms with Gasteiger partial charge < -0.3 is 9.84 Å². The zero-order valence-corrected chi connectivity index (χ0v) is 9.64. The molecular formula is C14H20O2. The first-order valence-electron chi connectivity index (χ1n) is 5.74. The first kappa shape index (κ1) is 12.9. The van der Waals surface area contributed by atoms with Crippen LogP contribution in [0.5, 0.6) is 0 Å². The van der Waals surface area contributed by atoms with Crippen LogP contribution in [-0.4, -0.2) is 17.8 Å². The fourth-order valence-electron chi connectivity index (χ4n) is 1.56. The van der Waals surface area contributed by atoms with Crippen molar-refractivity contribution in [2.45, 2.75) is 32.0 Å². The van der Waals surface area contributed by atoms with Gasteiger partial charge in [-0.05, 0) is 24.8 Å². The summed E-state index contributed by atoms with van der Waals surface area (Å²) < 4.78 is 5.79. The van der Waals surface area contributed by atoms with Crippen LogP contribution >= 0.6 is 0 Å². The first-order chi connectivity index (χ1) is 7.86. The van der Waals surface area contributed by atoms with Crippen molar-refractivity contribution in [1.82, 2.24) is 0 Å². The van der Waals surface area contributed by atoms with Gasteiger partial charge in [-0.1, -0.05) is 36.4 Å². The Morgan fingerprint density at radius 2 is 2.06 bits per heavy atom. The standard InChI is InChI=1S/C14H20O2/c1-2-7-14(10-6-11-15)16-12-13-8-4-3-5-9-13/h2-5,8-9,14-15H,1,6-7,10-12H2. The van der Waals surface area contributed by atoms with Gasteiger partial charge in [0.1, 0.15) is 0 Å². The zero-order valence-electron chi connectivity index (χ0n) is 9.64. The van der Waals surface area contributed by atoms with Crippen molar-refractivity contribution < 1.29 is 9.84 Å². The number of aliphatic hydroxyl groups is 1. The Balaban J connectivity index is 2.34. The summed E-state index contributed by atoms with van der Waals surface area (Å²) in [7, 11) is 0. The van der Waals surface area contributed by atoms with Gasteiger partial charge in [0.2, 0.25) is 0 Å². The van der Waals surface area contributed by atoms with E-state index in [9.17, 15) is 0 Å². The summed E-state index contributed by atoms with van der Waals surface area (Å²) in [6.45, 7) is 4.58. The summed E-state index contributed by atoms with van der Waals surface area (Å²) in [5.74, 6) is 0. The van der Waals surface area contributed by atoms with Gasteiger partial charge in [0.25, 0.3) is 0 Å². The van der Waals surface area contributed by atoms with Crippen molar-refractivity contribution in [3.8, 4) is 0 Å². The molecule has 0 aliphatic heterocycles. The molecule has 1 rings (SSSR count). The smallest absolute Gasteiger partial charge is 0.0720 e. The zero-order chi connectivity index (χ0) is 11.6. The predicted octanol–water partition coefficient (Wildman–Crippen LogP) is 2.92. The van der Waals surface area contributed by atoms with Gasteiger partial charge in [-0.2, -0.15) is 0 Å². The Bertz CT molecular complexity index is 282. The minimum atomic E-state index is 0.171. The lowest BCUT2D eigenvalue weighted by Crippen LogP contribution is -2.12. The van der Waals surface area contributed by atoms with Gasteiger partial charge in [0.15, 0.2) is 0 Å². The molecule has 1 N–H and O–H groups in total. The normalized spacial score (nSPS) is 12.3. The molecule has 2 heteroatoms. The third-order valence-corrected chi connectivity index (χ3v) is 2.44. The molecule has 16 heavy (non-hydrogen) atoms. The van der Waals surface area contributed by atoms with E-state index in [2.05, 4.69) is 18.7 Å². The van der Waals surface area contributed by atoms with Gasteiger partial charge in [0.05, 0.1) is 12.7 Å². The molecule has 1 aromatic rings. The van der Waals surface area contributed by atoms with E-state index in [-0.39, 0.29) is 12.7 Å². The number of rotatable bonds is 8. The van der Waals surface area contributed by atoms with E-state index < -0.39 is 0 Å². The Kier molecular flexibility index (Phi) is 6.54. The lowest BCUT2D eigenvalue weighted by Gasteiger charge is -2.15. The van der Waals surface area contributed by atoms with E-state index in [1.54, 1.807) is 0 Å². The molecule has 1 unspecified atom stereocenters. The van der Waals surface area contributed by atoms with Crippen LogP contribution in [0.15, 0.2) is 43.0 Å². The van der Waals surface area contributed by atoms with E-state index in [0.29, 0.717) is 6.61 Å². The van der Waals surface area contributed by atoms with Crippen LogP contribution in [0.3, 0.4) is 0 Å². The molecule has 1 aromatic carbocycles. The average Bonchev–Trinajstić information content (AvgIpc) is 2.34. The van der Waals surface area contributed by atoms with E-state index in [4.69, 9.17) is 9.84 Å². The third-order valence-electron chi connectivity index (χ3n) is 2.44. The second-order valence-corrected chi connectivity index (χ2v) is 3.81. The van der Waals surface area contributed by atoms with Crippen molar-refractivity contribution >= 4 is 0 Å². The molecule has 0 bridgehead atoms. The van der Waals surface area contributed by atoms with E-state index in [0.717, 1.165) is 19.3 Å². The predicted molar refractivity (Wildman–Crippen MR) is 66.2 cm³/mol. The van der Waals surface area contributed by atoms with Gasteiger partial charge in [-0.15, -0.1) is 6.58 Å². The largest absolute Gasteiger partial charge is 0.396 e. The molecule has 1 atom stereocenters. The monoisotopic (exact) mass is 220 g/mol. The van der Waals surface area contributed by atoms with Crippen LogP contribution in [-0.2, 0) is 11.3 Å². The van der Waals surface area contributed by atoms with E-state index in [1.165, 1.54) is 5.56 Å². The fraction of sp³-hybridized carbons (Fsp3) is 0.429. The lowest BCUT2D eigenvalue weighted by molar-refractivity contribution is 0.0328. The fourth-order valence-corrected chi connectivity index (χ4v) is 1.56. The first-order valence-corrected chi connectivity index (χ1v) is 5.74. The molecule has 0 aromatic heterocycles. The molecule has 0 aliphatic carbocycles. The van der Waals surface area contributed by atoms with Gasteiger partial charge in [-0.25, -0.2) is 0 Å². The van der Waals surface area contributed by atoms with Crippen molar-refractivity contribution in [1.29, 1.82) is 0 Å². The summed E-state index contributed by atoms with van der Waals surface area (Å²) in [5.41, 5.74) is 1.18. The highest BCUT2D eigenvalue weighted by atomic mass is 16.5. The Hall–Kier alpha value is -1.12. The maximum Gasteiger partial charge on any atom is 0.0720 e. The lowest BCUT2D eigenvalue weighted by atomic mass is 10.1. The highest BCUT2D eigenvalue weighted by molar-refractivity contribution is 5.13. The summed E-state index contributed by atoms with van der Waals surface area (Å²) in [4.78, 5) is 0. The minimum Gasteiger partial charge on any atom is -0.396 e. The van der Waals surface area contributed by atoms with Crippen molar-refractivity contribution in [3.05, 3.63) is 48.6 Å². The molecule has 0 amide bonds. The number of benzene rings is 1. The van der Waals surface area contributed by atoms with Crippen LogP contribution < -0.4 is 0 Å². The van der Waals surface area contributed by atoms with Crippen molar-refractivity contribution in [3.63, 3.8) is 0 Å². The maximum atomic E-state index is 8.79. The van der Waals surface area contributed by atoms with Crippen LogP contribution in [0.1, 0.15) is 24.8 Å². The minimum absolute atomic E-state index is 0.171. The molecule has 0 radical (unpaired) electrons. The highest BCUT2D eigenvalue weighted by Gasteiger charge is 2.06. The molecule has 88 valence electrons. The summed E-state index contributed by atoms with van der Waals surface area (Å²) in [5, 5.41) is 8.79. The Labute approximate surface area is 97.6 Å². The second-order valence-electron chi connectivity index (χ2n) is 3.81. The average molecular weight is 220 g/mol. The third kappa shape index (κ3) is 5.10. The molecule has 0 fully saturated rings. The molecular weight excluding hydrogens is 200 g/mol. The van der Waals surface area contributed by atoms with Gasteiger partial charge in [0, 0.05) is 6.61 Å². The Morgan fingerprint density at radius 3 is 2.69 bits per heavy atom. The molecule has 0 spiro atoms. The molecule has 0 aliphatic rings. The molecule has 0 heterocycles. The molecule has 0 saturated carbocycles. The van der Waals surface area contributed by atoms with E-state index in [1.807, 2.05) is 24.3 Å². The summed E-state index contributed by atoms with van der Waals surface area (Å²) >= 11 is 0. The van der Waals surface area contributed by atoms with Crippen LogP contribution in [0.25, 0.3) is 0 Å². The van der Waals surface area contributed by atoms with E-state index >= 15 is 0 Å². The number of ether oxygens (including phenoxy) is 1. The number of aliphatic hydroxyl groups excluding tert-OH is 1. The van der Waals surface area contributed by atoms with Gasteiger partial charge >= 0.3 is 0 Å². The maximum absolute atomic E-state index is 8.79. The topological polar surface area (TPSA) is 29.5 Å². The number of hydrogen-bond acceptors (Lipinski definition) is 2. The molecule has 0 saturated heterocycles. The molecule has 2 nitrogen and oxygen atoms in total. The SMILES string of the molecule is C=CCC(CCCO)OCc1ccccc1. The highest BCUT2D eigenvalue weighted by Crippen LogP contribution is 2.11.